The summed E-state index contributed by atoms with van der Waals surface area (Å²) in [6, 6.07) is 2.23. The van der Waals surface area contributed by atoms with Crippen molar-refractivity contribution in [2.75, 3.05) is 7.11 Å². The van der Waals surface area contributed by atoms with Gasteiger partial charge < -0.3 is 4.74 Å². The van der Waals surface area contributed by atoms with Crippen LogP contribution >= 0.6 is 0 Å². The van der Waals surface area contributed by atoms with Gasteiger partial charge in [0.25, 0.3) is 0 Å². The number of rotatable bonds is 2. The van der Waals surface area contributed by atoms with Crippen LogP contribution in [0.3, 0.4) is 0 Å². The van der Waals surface area contributed by atoms with E-state index in [2.05, 4.69) is 6.07 Å². The Kier molecular flexibility index (Phi) is 2.33. The Morgan fingerprint density at radius 3 is 2.80 bits per heavy atom. The van der Waals surface area contributed by atoms with E-state index >= 15 is 0 Å². The second-order valence-corrected chi connectivity index (χ2v) is 2.62. The molecule has 0 atom stereocenters. The van der Waals surface area contributed by atoms with Gasteiger partial charge in [-0.1, -0.05) is 0 Å². The Labute approximate surface area is 61.1 Å². The maximum absolute atomic E-state index is 8.42. The molecule has 2 nitrogen and oxygen atoms in total. The molecule has 0 unspecified atom stereocenters. The van der Waals surface area contributed by atoms with Crippen molar-refractivity contribution in [2.45, 2.75) is 12.8 Å². The molecule has 1 aliphatic carbocycles. The monoisotopic (exact) mass is 137 g/mol. The van der Waals surface area contributed by atoms with E-state index in [-0.39, 0.29) is 0 Å². The standard InChI is InChI=1S/C8H11NO/c1-10-3-2-7-4-8(5-7)6-9/h2-3,7-8H,4-5H2,1H3. The second-order valence-electron chi connectivity index (χ2n) is 2.62. The third-order valence-corrected chi connectivity index (χ3v) is 1.84. The molecule has 0 aromatic rings. The molecule has 1 aliphatic rings. The molecular formula is C8H11NO. The van der Waals surface area contributed by atoms with E-state index in [1.165, 1.54) is 0 Å². The van der Waals surface area contributed by atoms with Crippen molar-refractivity contribution in [1.82, 2.24) is 0 Å². The molecule has 2 heteroatoms. The summed E-state index contributed by atoms with van der Waals surface area (Å²) in [6.45, 7) is 0. The fraction of sp³-hybridized carbons (Fsp3) is 0.625. The third kappa shape index (κ3) is 1.51. The van der Waals surface area contributed by atoms with E-state index in [1.807, 2.05) is 6.08 Å². The first kappa shape index (κ1) is 7.14. The summed E-state index contributed by atoms with van der Waals surface area (Å²) in [5, 5.41) is 8.42. The zero-order valence-electron chi connectivity index (χ0n) is 6.08. The lowest BCUT2D eigenvalue weighted by Crippen LogP contribution is -2.19. The summed E-state index contributed by atoms with van der Waals surface area (Å²) < 4.78 is 4.75. The lowest BCUT2D eigenvalue weighted by atomic mass is 9.76. The molecule has 10 heavy (non-hydrogen) atoms. The van der Waals surface area contributed by atoms with Crippen molar-refractivity contribution in [3.05, 3.63) is 12.3 Å². The van der Waals surface area contributed by atoms with Gasteiger partial charge in [0, 0.05) is 5.92 Å². The smallest absolute Gasteiger partial charge is 0.0787 e. The predicted molar refractivity (Wildman–Crippen MR) is 38.0 cm³/mol. The van der Waals surface area contributed by atoms with Crippen LogP contribution in [0.2, 0.25) is 0 Å². The summed E-state index contributed by atoms with van der Waals surface area (Å²) in [6.07, 6.45) is 5.73. The fourth-order valence-electron chi connectivity index (χ4n) is 1.11. The van der Waals surface area contributed by atoms with Crippen molar-refractivity contribution >= 4 is 0 Å². The average molecular weight is 137 g/mol. The van der Waals surface area contributed by atoms with Crippen LogP contribution in [0.4, 0.5) is 0 Å². The van der Waals surface area contributed by atoms with E-state index in [1.54, 1.807) is 13.4 Å². The highest BCUT2D eigenvalue weighted by atomic mass is 16.5. The van der Waals surface area contributed by atoms with Gasteiger partial charge in [-0.05, 0) is 24.8 Å². The number of allylic oxidation sites excluding steroid dienone is 1. The largest absolute Gasteiger partial charge is 0.505 e. The van der Waals surface area contributed by atoms with Crippen LogP contribution in [0.15, 0.2) is 12.3 Å². The number of hydrogen-bond acceptors (Lipinski definition) is 2. The number of methoxy groups -OCH3 is 1. The lowest BCUT2D eigenvalue weighted by molar-refractivity contribution is 0.284. The maximum Gasteiger partial charge on any atom is 0.0787 e. The lowest BCUT2D eigenvalue weighted by Gasteiger charge is -2.27. The molecule has 0 aromatic carbocycles. The minimum atomic E-state index is 0.298. The molecule has 0 N–H and O–H groups in total. The number of nitriles is 1. The molecule has 1 saturated carbocycles. The predicted octanol–water partition coefficient (Wildman–Crippen LogP) is 1.70. The van der Waals surface area contributed by atoms with Crippen molar-refractivity contribution in [3.8, 4) is 6.07 Å². The van der Waals surface area contributed by atoms with Crippen LogP contribution in [0.1, 0.15) is 12.8 Å². The molecule has 0 saturated heterocycles. The van der Waals surface area contributed by atoms with Crippen molar-refractivity contribution in [1.29, 1.82) is 5.26 Å². The van der Waals surface area contributed by atoms with E-state index < -0.39 is 0 Å². The van der Waals surface area contributed by atoms with Gasteiger partial charge in [0.15, 0.2) is 0 Å². The molecule has 0 aromatic heterocycles. The van der Waals surface area contributed by atoms with Crippen molar-refractivity contribution < 1.29 is 4.74 Å². The van der Waals surface area contributed by atoms with Crippen LogP contribution in [0, 0.1) is 23.2 Å². The topological polar surface area (TPSA) is 33.0 Å². The Morgan fingerprint density at radius 1 is 1.60 bits per heavy atom. The van der Waals surface area contributed by atoms with Gasteiger partial charge >= 0.3 is 0 Å². The highest BCUT2D eigenvalue weighted by Gasteiger charge is 2.26. The minimum Gasteiger partial charge on any atom is -0.505 e. The minimum absolute atomic E-state index is 0.298. The summed E-state index contributed by atoms with van der Waals surface area (Å²) in [4.78, 5) is 0. The normalized spacial score (nSPS) is 31.2. The van der Waals surface area contributed by atoms with Gasteiger partial charge in [0.1, 0.15) is 0 Å². The Morgan fingerprint density at radius 2 is 2.30 bits per heavy atom. The van der Waals surface area contributed by atoms with Gasteiger partial charge in [-0.25, -0.2) is 0 Å². The Bertz CT molecular complexity index is 163. The van der Waals surface area contributed by atoms with E-state index in [9.17, 15) is 0 Å². The van der Waals surface area contributed by atoms with E-state index in [0.29, 0.717) is 11.8 Å². The Balaban J connectivity index is 2.15. The average Bonchev–Trinajstić information content (AvgIpc) is 1.86. The van der Waals surface area contributed by atoms with Crippen LogP contribution in [-0.4, -0.2) is 7.11 Å². The first-order chi connectivity index (χ1) is 4.86. The molecule has 0 bridgehead atoms. The van der Waals surface area contributed by atoms with Crippen LogP contribution in [-0.2, 0) is 4.74 Å². The summed E-state index contributed by atoms with van der Waals surface area (Å²) in [7, 11) is 1.64. The van der Waals surface area contributed by atoms with Crippen LogP contribution < -0.4 is 0 Å². The summed E-state index contributed by atoms with van der Waals surface area (Å²) in [5.41, 5.74) is 0. The van der Waals surface area contributed by atoms with E-state index in [0.717, 1.165) is 12.8 Å². The van der Waals surface area contributed by atoms with Gasteiger partial charge in [0.2, 0.25) is 0 Å². The second kappa shape index (κ2) is 3.26. The van der Waals surface area contributed by atoms with Gasteiger partial charge in [-0.2, -0.15) is 5.26 Å². The number of ether oxygens (including phenoxy) is 1. The molecule has 0 heterocycles. The molecule has 0 aliphatic heterocycles. The quantitative estimate of drug-likeness (QED) is 0.542. The zero-order valence-corrected chi connectivity index (χ0v) is 6.08. The molecule has 0 radical (unpaired) electrons. The molecule has 54 valence electrons. The van der Waals surface area contributed by atoms with Crippen molar-refractivity contribution in [2.24, 2.45) is 11.8 Å². The molecule has 0 amide bonds. The molecular weight excluding hydrogens is 126 g/mol. The summed E-state index contributed by atoms with van der Waals surface area (Å²) >= 11 is 0. The first-order valence-electron chi connectivity index (χ1n) is 3.46. The molecule has 1 rings (SSSR count). The first-order valence-corrected chi connectivity index (χ1v) is 3.46. The van der Waals surface area contributed by atoms with Crippen LogP contribution in [0.5, 0.6) is 0 Å². The molecule has 1 fully saturated rings. The third-order valence-electron chi connectivity index (χ3n) is 1.84. The zero-order chi connectivity index (χ0) is 7.40. The highest BCUT2D eigenvalue weighted by molar-refractivity contribution is 5.00. The van der Waals surface area contributed by atoms with Crippen molar-refractivity contribution in [3.63, 3.8) is 0 Å². The maximum atomic E-state index is 8.42. The van der Waals surface area contributed by atoms with Crippen LogP contribution in [0.25, 0.3) is 0 Å². The number of hydrogen-bond donors (Lipinski definition) is 0. The SMILES string of the molecule is COC=CC1CC(C#N)C1. The van der Waals surface area contributed by atoms with E-state index in [4.69, 9.17) is 10.00 Å². The van der Waals surface area contributed by atoms with Gasteiger partial charge in [-0.15, -0.1) is 0 Å². The highest BCUT2D eigenvalue weighted by Crippen LogP contribution is 2.33. The molecule has 0 spiro atoms. The summed E-state index contributed by atoms with van der Waals surface area (Å²) in [5.74, 6) is 0.885. The fourth-order valence-corrected chi connectivity index (χ4v) is 1.11. The number of nitrogens with zero attached hydrogens (tertiary/aromatic N) is 1. The van der Waals surface area contributed by atoms with Gasteiger partial charge in [-0.3, -0.25) is 0 Å². The van der Waals surface area contributed by atoms with Gasteiger partial charge in [0.05, 0.1) is 19.4 Å². The Hall–Kier alpha value is -0.970.